The zero-order valence-corrected chi connectivity index (χ0v) is 15.8. The molecule has 0 radical (unpaired) electrons. The number of rotatable bonds is 2. The summed E-state index contributed by atoms with van der Waals surface area (Å²) in [7, 11) is 0. The Hall–Kier alpha value is -0.530. The first-order valence-corrected chi connectivity index (χ1v) is 8.88. The van der Waals surface area contributed by atoms with Crippen molar-refractivity contribution in [1.29, 1.82) is 0 Å². The fourth-order valence-corrected chi connectivity index (χ4v) is 5.46. The Kier molecular flexibility index (Phi) is 4.34. The molecule has 1 aromatic carbocycles. The smallest absolute Gasteiger partial charge is 0.153 e. The van der Waals surface area contributed by atoms with Crippen LogP contribution < -0.4 is 5.73 Å². The first-order chi connectivity index (χ1) is 9.99. The number of halogens is 4. The average Bonchev–Trinajstić information content (AvgIpc) is 2.93. The van der Waals surface area contributed by atoms with Gasteiger partial charge < -0.3 is 5.73 Å². The average molecular weight is 468 g/mol. The van der Waals surface area contributed by atoms with Gasteiger partial charge in [0.1, 0.15) is 0 Å². The van der Waals surface area contributed by atoms with Gasteiger partial charge in [0.25, 0.3) is 0 Å². The van der Waals surface area contributed by atoms with Gasteiger partial charge in [-0.1, -0.05) is 29.3 Å². The molecule has 21 heavy (non-hydrogen) atoms. The van der Waals surface area contributed by atoms with Crippen LogP contribution in [0.2, 0.25) is 10.0 Å². The van der Waals surface area contributed by atoms with Gasteiger partial charge in [-0.2, -0.15) is 5.10 Å². The van der Waals surface area contributed by atoms with Gasteiger partial charge >= 0.3 is 0 Å². The van der Waals surface area contributed by atoms with Gasteiger partial charge in [0.2, 0.25) is 0 Å². The minimum absolute atomic E-state index is 0.356. The molecule has 0 saturated carbocycles. The van der Waals surface area contributed by atoms with E-state index in [0.717, 1.165) is 18.8 Å². The van der Waals surface area contributed by atoms with E-state index in [4.69, 9.17) is 28.9 Å². The number of nitrogens with one attached hydrogen (secondary N) is 1. The zero-order chi connectivity index (χ0) is 15.1. The van der Waals surface area contributed by atoms with E-state index in [1.165, 1.54) is 0 Å². The Morgan fingerprint density at radius 2 is 1.81 bits per heavy atom. The predicted molar refractivity (Wildman–Crippen MR) is 97.2 cm³/mol. The van der Waals surface area contributed by atoms with E-state index >= 15 is 0 Å². The molecule has 0 unspecified atom stereocenters. The Labute approximate surface area is 151 Å². The van der Waals surface area contributed by atoms with Crippen LogP contribution in [0, 0.1) is 0 Å². The predicted octanol–water partition coefficient (Wildman–Crippen LogP) is 6.22. The summed E-state index contributed by atoms with van der Waals surface area (Å²) in [5, 5.41) is 8.13. The second-order valence-electron chi connectivity index (χ2n) is 4.19. The van der Waals surface area contributed by atoms with Crippen LogP contribution in [0.5, 0.6) is 0 Å². The highest BCUT2D eigenvalue weighted by molar-refractivity contribution is 9.12. The summed E-state index contributed by atoms with van der Waals surface area (Å²) in [6, 6.07) is 7.33. The molecule has 3 rings (SSSR count). The zero-order valence-electron chi connectivity index (χ0n) is 10.3. The summed E-state index contributed by atoms with van der Waals surface area (Å²) in [4.78, 5) is 0. The molecule has 0 aliphatic rings. The van der Waals surface area contributed by atoms with E-state index in [9.17, 15) is 0 Å². The van der Waals surface area contributed by atoms with Crippen LogP contribution >= 0.6 is 66.4 Å². The summed E-state index contributed by atoms with van der Waals surface area (Å²) in [5.74, 6) is 0.356. The van der Waals surface area contributed by atoms with Crippen LogP contribution in [0.3, 0.4) is 0 Å². The first kappa shape index (κ1) is 15.4. The van der Waals surface area contributed by atoms with Gasteiger partial charge in [-0.05, 0) is 50.1 Å². The molecular weight excluding hydrogens is 461 g/mol. The first-order valence-electron chi connectivity index (χ1n) is 5.72. The minimum atomic E-state index is 0.356. The van der Waals surface area contributed by atoms with E-state index < -0.39 is 0 Å². The lowest BCUT2D eigenvalue weighted by molar-refractivity contribution is 1.10. The Morgan fingerprint density at radius 1 is 1.14 bits per heavy atom. The molecule has 0 amide bonds. The van der Waals surface area contributed by atoms with Crippen LogP contribution in [0.4, 0.5) is 5.82 Å². The van der Waals surface area contributed by atoms with Crippen LogP contribution in [-0.4, -0.2) is 10.2 Å². The second-order valence-corrected chi connectivity index (χ2v) is 8.76. The molecule has 3 nitrogen and oxygen atoms in total. The maximum atomic E-state index is 6.30. The van der Waals surface area contributed by atoms with Crippen molar-refractivity contribution in [1.82, 2.24) is 10.2 Å². The third kappa shape index (κ3) is 2.75. The lowest BCUT2D eigenvalue weighted by Gasteiger charge is -2.08. The highest BCUT2D eigenvalue weighted by Crippen LogP contribution is 2.46. The molecule has 0 aliphatic carbocycles. The Balaban J connectivity index is 2.30. The molecule has 0 saturated heterocycles. The van der Waals surface area contributed by atoms with Crippen molar-refractivity contribution in [2.75, 3.05) is 5.73 Å². The van der Waals surface area contributed by atoms with E-state index in [-0.39, 0.29) is 0 Å². The molecule has 2 aromatic heterocycles. The van der Waals surface area contributed by atoms with E-state index in [1.807, 2.05) is 6.07 Å². The normalized spacial score (nSPS) is 11.0. The van der Waals surface area contributed by atoms with Crippen LogP contribution in [0.25, 0.3) is 22.4 Å². The maximum Gasteiger partial charge on any atom is 0.153 e. The van der Waals surface area contributed by atoms with Gasteiger partial charge in [0, 0.05) is 11.1 Å². The fraction of sp³-hybridized carbons (Fsp3) is 0. The van der Waals surface area contributed by atoms with Crippen LogP contribution in [-0.2, 0) is 0 Å². The van der Waals surface area contributed by atoms with Gasteiger partial charge in [0.15, 0.2) is 5.82 Å². The van der Waals surface area contributed by atoms with Gasteiger partial charge in [-0.25, -0.2) is 0 Å². The van der Waals surface area contributed by atoms with Crippen LogP contribution in [0.15, 0.2) is 31.8 Å². The molecule has 0 aliphatic heterocycles. The third-order valence-corrected chi connectivity index (χ3v) is 5.90. The summed E-state index contributed by atoms with van der Waals surface area (Å²) >= 11 is 21.2. The van der Waals surface area contributed by atoms with Gasteiger partial charge in [-0.3, -0.25) is 5.10 Å². The molecule has 3 aromatic rings. The number of hydrogen-bond acceptors (Lipinski definition) is 3. The van der Waals surface area contributed by atoms with E-state index in [1.54, 1.807) is 29.5 Å². The van der Waals surface area contributed by atoms with Gasteiger partial charge in [-0.15, -0.1) is 11.3 Å². The topological polar surface area (TPSA) is 54.7 Å². The fourth-order valence-electron chi connectivity index (χ4n) is 2.05. The summed E-state index contributed by atoms with van der Waals surface area (Å²) < 4.78 is 1.95. The number of nitrogens with zero attached hydrogens (tertiary/aromatic N) is 1. The molecule has 3 N–H and O–H groups in total. The van der Waals surface area contributed by atoms with Crippen molar-refractivity contribution in [3.8, 4) is 22.4 Å². The second kappa shape index (κ2) is 5.93. The SMILES string of the molecule is Nc1n[nH]c(-c2cc(Br)sc2Br)c1-c1c(Cl)cccc1Cl. The monoisotopic (exact) mass is 465 g/mol. The largest absolute Gasteiger partial charge is 0.382 e. The number of H-pyrrole nitrogens is 1. The van der Waals surface area contributed by atoms with Gasteiger partial charge in [0.05, 0.1) is 28.9 Å². The minimum Gasteiger partial charge on any atom is -0.382 e. The van der Waals surface area contributed by atoms with Crippen molar-refractivity contribution < 1.29 is 0 Å². The van der Waals surface area contributed by atoms with E-state index in [2.05, 4.69) is 42.1 Å². The van der Waals surface area contributed by atoms with Crippen molar-refractivity contribution in [2.24, 2.45) is 0 Å². The maximum absolute atomic E-state index is 6.30. The number of nitrogens with two attached hydrogens (primary N) is 1. The molecule has 0 spiro atoms. The summed E-state index contributed by atoms with van der Waals surface area (Å²) in [5.41, 5.74) is 9.13. The standard InChI is InChI=1S/C13H7Br2Cl2N3S/c14-8-4-5(12(15)21-8)11-10(13(18)20-19-11)9-6(16)2-1-3-7(9)17/h1-4H,(H3,18,19,20). The Morgan fingerprint density at radius 3 is 2.38 bits per heavy atom. The third-order valence-electron chi connectivity index (χ3n) is 2.93. The lowest BCUT2D eigenvalue weighted by Crippen LogP contribution is -1.90. The summed E-state index contributed by atoms with van der Waals surface area (Å²) in [6.07, 6.45) is 0. The molecule has 108 valence electrons. The van der Waals surface area contributed by atoms with Crippen molar-refractivity contribution in [3.63, 3.8) is 0 Å². The number of hydrogen-bond donors (Lipinski definition) is 2. The quantitative estimate of drug-likeness (QED) is 0.470. The molecule has 0 atom stereocenters. The number of aromatic amines is 1. The molecule has 0 bridgehead atoms. The molecule has 0 fully saturated rings. The van der Waals surface area contributed by atoms with Crippen molar-refractivity contribution in [3.05, 3.63) is 41.9 Å². The number of benzene rings is 1. The number of anilines is 1. The highest BCUT2D eigenvalue weighted by Gasteiger charge is 2.22. The van der Waals surface area contributed by atoms with Crippen LogP contribution in [0.1, 0.15) is 0 Å². The lowest BCUT2D eigenvalue weighted by atomic mass is 10.0. The van der Waals surface area contributed by atoms with E-state index in [0.29, 0.717) is 27.0 Å². The van der Waals surface area contributed by atoms with Crippen molar-refractivity contribution >= 4 is 72.2 Å². The number of aromatic nitrogens is 2. The molecule has 2 heterocycles. The number of thiophene rings is 1. The Bertz CT molecular complexity index is 809. The number of nitrogen functional groups attached to an aromatic ring is 1. The molecule has 8 heteroatoms. The highest BCUT2D eigenvalue weighted by atomic mass is 79.9. The molecular formula is C13H7Br2Cl2N3S. The summed E-state index contributed by atoms with van der Waals surface area (Å²) in [6.45, 7) is 0. The van der Waals surface area contributed by atoms with Crippen molar-refractivity contribution in [2.45, 2.75) is 0 Å².